The van der Waals surface area contributed by atoms with Crippen molar-refractivity contribution in [2.45, 2.75) is 6.61 Å². The van der Waals surface area contributed by atoms with Gasteiger partial charge in [-0.05, 0) is 6.07 Å². The van der Waals surface area contributed by atoms with E-state index in [9.17, 15) is 0 Å². The van der Waals surface area contributed by atoms with Crippen molar-refractivity contribution >= 4 is 0 Å². The molecule has 1 rings (SSSR count). The van der Waals surface area contributed by atoms with Gasteiger partial charge in [0.05, 0.1) is 58.5 Å². The molecule has 0 saturated carbocycles. The van der Waals surface area contributed by atoms with E-state index in [1.165, 1.54) is 6.20 Å². The Bertz CT molecular complexity index is 380. The van der Waals surface area contributed by atoms with Gasteiger partial charge in [0.1, 0.15) is 6.61 Å². The van der Waals surface area contributed by atoms with Crippen LogP contribution in [0.3, 0.4) is 0 Å². The fourth-order valence-corrected chi connectivity index (χ4v) is 1.41. The van der Waals surface area contributed by atoms with Gasteiger partial charge in [-0.15, -0.1) is 0 Å². The molecule has 0 amide bonds. The van der Waals surface area contributed by atoms with E-state index >= 15 is 0 Å². The van der Waals surface area contributed by atoms with E-state index in [0.29, 0.717) is 58.5 Å². The maximum absolute atomic E-state index is 8.94. The number of methoxy groups -OCH3 is 1. The zero-order valence-corrected chi connectivity index (χ0v) is 12.9. The van der Waals surface area contributed by atoms with Gasteiger partial charge in [-0.25, -0.2) is 4.98 Å². The third-order valence-corrected chi connectivity index (χ3v) is 2.49. The molecular weight excluding hydrogens is 292 g/mol. The molecule has 0 aliphatic rings. The van der Waals surface area contributed by atoms with Gasteiger partial charge in [0, 0.05) is 13.3 Å². The van der Waals surface area contributed by atoms with Gasteiger partial charge < -0.3 is 28.8 Å². The van der Waals surface area contributed by atoms with Gasteiger partial charge in [0.15, 0.2) is 0 Å². The number of ether oxygens (including phenoxy) is 5. The monoisotopic (exact) mass is 316 g/mol. The van der Waals surface area contributed by atoms with E-state index in [1.807, 2.05) is 0 Å². The third kappa shape index (κ3) is 9.59. The van der Waals surface area contributed by atoms with Crippen molar-refractivity contribution in [1.29, 1.82) is 0 Å². The van der Waals surface area contributed by atoms with Gasteiger partial charge in [0.25, 0.3) is 0 Å². The molecule has 22 heavy (non-hydrogen) atoms. The molecule has 0 atom stereocenters. The largest absolute Gasteiger partial charge is 0.461 e. The summed E-state index contributed by atoms with van der Waals surface area (Å²) in [5, 5.41) is 8.94. The van der Waals surface area contributed by atoms with E-state index < -0.39 is 0 Å². The summed E-state index contributed by atoms with van der Waals surface area (Å²) < 4.78 is 26.1. The first-order valence-electron chi connectivity index (χ1n) is 7.14. The second kappa shape index (κ2) is 13.4. The molecule has 0 saturated heterocycles. The van der Waals surface area contributed by atoms with E-state index in [-0.39, 0.29) is 12.6 Å². The summed E-state index contributed by atoms with van der Waals surface area (Å²) in [7, 11) is 1.64. The van der Waals surface area contributed by atoms with Crippen molar-refractivity contribution in [2.24, 2.45) is 0 Å². The average molecular weight is 316 g/mol. The Morgan fingerprint density at radius 2 is 1.50 bits per heavy atom. The summed E-state index contributed by atoms with van der Waals surface area (Å²) in [6.07, 6.45) is 1.54. The Morgan fingerprint density at radius 3 is 2.09 bits per heavy atom. The van der Waals surface area contributed by atoms with Crippen LogP contribution in [-0.4, -0.2) is 75.0 Å². The minimum Gasteiger partial charge on any atom is -0.461 e. The maximum Gasteiger partial charge on any atom is 0.316 e. The fourth-order valence-electron chi connectivity index (χ4n) is 1.41. The highest BCUT2D eigenvalue weighted by atomic mass is 16.6. The van der Waals surface area contributed by atoms with Gasteiger partial charge in [-0.2, -0.15) is 4.98 Å². The van der Waals surface area contributed by atoms with Crippen LogP contribution in [0.1, 0.15) is 5.69 Å². The SMILES string of the molecule is COCCOCCOCCOCCOc1nccc(CO)n1. The molecule has 0 unspecified atom stereocenters. The zero-order valence-electron chi connectivity index (χ0n) is 12.9. The first-order valence-corrected chi connectivity index (χ1v) is 7.14. The first-order chi connectivity index (χ1) is 10.9. The van der Waals surface area contributed by atoms with Crippen molar-refractivity contribution in [3.8, 4) is 6.01 Å². The first kappa shape index (κ1) is 18.7. The van der Waals surface area contributed by atoms with Crippen LogP contribution in [0.25, 0.3) is 0 Å². The lowest BCUT2D eigenvalue weighted by atomic mass is 10.4. The zero-order chi connectivity index (χ0) is 15.9. The van der Waals surface area contributed by atoms with Gasteiger partial charge in [-0.1, -0.05) is 0 Å². The number of aliphatic hydroxyl groups excluding tert-OH is 1. The number of aliphatic hydroxyl groups is 1. The molecule has 8 nitrogen and oxygen atoms in total. The second-order valence-corrected chi connectivity index (χ2v) is 4.17. The smallest absolute Gasteiger partial charge is 0.316 e. The Balaban J connectivity index is 1.87. The lowest BCUT2D eigenvalue weighted by Crippen LogP contribution is -2.14. The molecule has 0 aromatic carbocycles. The van der Waals surface area contributed by atoms with Crippen LogP contribution in [0, 0.1) is 0 Å². The third-order valence-electron chi connectivity index (χ3n) is 2.49. The van der Waals surface area contributed by atoms with Crippen LogP contribution in [0.5, 0.6) is 6.01 Å². The van der Waals surface area contributed by atoms with E-state index in [2.05, 4.69) is 9.97 Å². The second-order valence-electron chi connectivity index (χ2n) is 4.17. The van der Waals surface area contributed by atoms with Crippen molar-refractivity contribution < 1.29 is 28.8 Å². The van der Waals surface area contributed by atoms with Gasteiger partial charge >= 0.3 is 6.01 Å². The minimum atomic E-state index is -0.137. The highest BCUT2D eigenvalue weighted by molar-refractivity contribution is 5.03. The quantitative estimate of drug-likeness (QED) is 0.481. The summed E-state index contributed by atoms with van der Waals surface area (Å²) in [5.74, 6) is 0. The Morgan fingerprint density at radius 1 is 0.909 bits per heavy atom. The maximum atomic E-state index is 8.94. The summed E-state index contributed by atoms with van der Waals surface area (Å²) >= 11 is 0. The van der Waals surface area contributed by atoms with Crippen LogP contribution in [0.4, 0.5) is 0 Å². The molecule has 8 heteroatoms. The molecule has 0 spiro atoms. The molecule has 0 fully saturated rings. The van der Waals surface area contributed by atoms with E-state index in [4.69, 9.17) is 28.8 Å². The molecule has 1 aromatic heterocycles. The minimum absolute atomic E-state index is 0.137. The predicted molar refractivity (Wildman–Crippen MR) is 77.8 cm³/mol. The van der Waals surface area contributed by atoms with Crippen molar-refractivity contribution in [2.75, 3.05) is 60.0 Å². The molecule has 0 aliphatic carbocycles. The summed E-state index contributed by atoms with van der Waals surface area (Å²) in [6, 6.07) is 1.86. The molecule has 126 valence electrons. The predicted octanol–water partition coefficient (Wildman–Crippen LogP) is 0.0439. The van der Waals surface area contributed by atoms with Crippen LogP contribution in [-0.2, 0) is 25.6 Å². The Labute approximate surface area is 130 Å². The number of aromatic nitrogens is 2. The van der Waals surface area contributed by atoms with Gasteiger partial charge in [0.2, 0.25) is 0 Å². The number of rotatable bonds is 14. The lowest BCUT2D eigenvalue weighted by Gasteiger charge is -2.07. The molecule has 0 bridgehead atoms. The average Bonchev–Trinajstić information content (AvgIpc) is 2.56. The number of hydrogen-bond donors (Lipinski definition) is 1. The van der Waals surface area contributed by atoms with E-state index in [0.717, 1.165) is 0 Å². The molecule has 1 aromatic rings. The van der Waals surface area contributed by atoms with E-state index in [1.54, 1.807) is 13.2 Å². The fraction of sp³-hybridized carbons (Fsp3) is 0.714. The Hall–Kier alpha value is -1.32. The molecule has 0 radical (unpaired) electrons. The van der Waals surface area contributed by atoms with Crippen molar-refractivity contribution in [3.63, 3.8) is 0 Å². The highest BCUT2D eigenvalue weighted by Crippen LogP contribution is 2.02. The lowest BCUT2D eigenvalue weighted by molar-refractivity contribution is -0.000195. The molecule has 0 aliphatic heterocycles. The summed E-state index contributed by atoms with van der Waals surface area (Å²) in [5.41, 5.74) is 0.520. The van der Waals surface area contributed by atoms with Crippen LogP contribution in [0.2, 0.25) is 0 Å². The van der Waals surface area contributed by atoms with Crippen LogP contribution >= 0.6 is 0 Å². The number of hydrogen-bond acceptors (Lipinski definition) is 8. The topological polar surface area (TPSA) is 92.2 Å². The van der Waals surface area contributed by atoms with Crippen molar-refractivity contribution in [3.05, 3.63) is 18.0 Å². The van der Waals surface area contributed by atoms with Crippen molar-refractivity contribution in [1.82, 2.24) is 9.97 Å². The summed E-state index contributed by atoms with van der Waals surface area (Å²) in [6.45, 7) is 3.86. The van der Waals surface area contributed by atoms with Gasteiger partial charge in [-0.3, -0.25) is 0 Å². The molecule has 1 heterocycles. The normalized spacial score (nSPS) is 10.8. The Kier molecular flexibility index (Phi) is 11.4. The standard InChI is InChI=1S/C14H24N2O6/c1-18-4-5-19-6-7-20-8-9-21-10-11-22-14-15-3-2-13(12-17)16-14/h2-3,17H,4-12H2,1H3. The summed E-state index contributed by atoms with van der Waals surface area (Å²) in [4.78, 5) is 7.92. The number of nitrogens with zero attached hydrogens (tertiary/aromatic N) is 2. The molecular formula is C14H24N2O6. The van der Waals surface area contributed by atoms with Crippen LogP contribution in [0.15, 0.2) is 12.3 Å². The highest BCUT2D eigenvalue weighted by Gasteiger charge is 1.99. The molecule has 1 N–H and O–H groups in total. The van der Waals surface area contributed by atoms with Crippen LogP contribution < -0.4 is 4.74 Å².